The molecule has 2 heterocycles. The summed E-state index contributed by atoms with van der Waals surface area (Å²) in [5, 5.41) is 0. The Labute approximate surface area is 109 Å². The van der Waals surface area contributed by atoms with Crippen molar-refractivity contribution in [2.24, 2.45) is 17.8 Å². The summed E-state index contributed by atoms with van der Waals surface area (Å²) in [4.78, 5) is 0. The van der Waals surface area contributed by atoms with E-state index in [1.807, 2.05) is 6.08 Å². The van der Waals surface area contributed by atoms with E-state index in [4.69, 9.17) is 9.47 Å². The second kappa shape index (κ2) is 4.32. The van der Waals surface area contributed by atoms with Crippen molar-refractivity contribution in [3.05, 3.63) is 23.7 Å². The molecule has 0 spiro atoms. The zero-order chi connectivity index (χ0) is 11.9. The first-order valence-electron chi connectivity index (χ1n) is 7.58. The molecule has 0 aromatic rings. The second-order valence-corrected chi connectivity index (χ2v) is 6.39. The summed E-state index contributed by atoms with van der Waals surface area (Å²) < 4.78 is 11.7. The lowest BCUT2D eigenvalue weighted by molar-refractivity contribution is -0.0478. The van der Waals surface area contributed by atoms with Crippen LogP contribution in [0.3, 0.4) is 0 Å². The number of rotatable bonds is 0. The highest BCUT2D eigenvalue weighted by atomic mass is 16.5. The van der Waals surface area contributed by atoms with E-state index in [0.29, 0.717) is 6.10 Å². The molecule has 4 aliphatic rings. The summed E-state index contributed by atoms with van der Waals surface area (Å²) >= 11 is 0. The number of fused-ring (bicyclic) bond motifs is 3. The van der Waals surface area contributed by atoms with Gasteiger partial charge in [-0.3, -0.25) is 0 Å². The summed E-state index contributed by atoms with van der Waals surface area (Å²) in [7, 11) is 0. The molecule has 0 radical (unpaired) electrons. The van der Waals surface area contributed by atoms with E-state index in [-0.39, 0.29) is 0 Å². The normalized spacial score (nSPS) is 42.2. The summed E-state index contributed by atoms with van der Waals surface area (Å²) in [5.74, 6) is 3.82. The van der Waals surface area contributed by atoms with Gasteiger partial charge in [0.25, 0.3) is 0 Å². The fourth-order valence-electron chi connectivity index (χ4n) is 4.63. The maximum atomic E-state index is 6.26. The third-order valence-electron chi connectivity index (χ3n) is 5.50. The first kappa shape index (κ1) is 11.0. The van der Waals surface area contributed by atoms with Gasteiger partial charge in [-0.1, -0.05) is 19.3 Å². The van der Waals surface area contributed by atoms with Crippen LogP contribution in [0.2, 0.25) is 0 Å². The van der Waals surface area contributed by atoms with Gasteiger partial charge in [-0.05, 0) is 37.5 Å². The third kappa shape index (κ3) is 1.69. The standard InChI is InChI=1S/C16H22O2/c1-2-4-13-11(3-1)5-6-16-14(13)9-12-10-17-8-7-15(12)18-16/h7-8,11,13-14,16H,1-6,9-10H2. The van der Waals surface area contributed by atoms with Gasteiger partial charge in [0.15, 0.2) is 0 Å². The van der Waals surface area contributed by atoms with Gasteiger partial charge in [0.05, 0.1) is 6.26 Å². The van der Waals surface area contributed by atoms with E-state index in [9.17, 15) is 0 Å². The van der Waals surface area contributed by atoms with Crippen LogP contribution in [-0.4, -0.2) is 12.7 Å². The van der Waals surface area contributed by atoms with Crippen molar-refractivity contribution in [3.8, 4) is 0 Å². The molecular formula is C16H22O2. The molecular weight excluding hydrogens is 224 g/mol. The molecule has 2 fully saturated rings. The van der Waals surface area contributed by atoms with E-state index >= 15 is 0 Å². The SMILES string of the molecule is C1=CC2=C(CO1)CC1C(CCC3CCCCC31)O2. The fraction of sp³-hybridized carbons (Fsp3) is 0.750. The average molecular weight is 246 g/mol. The van der Waals surface area contributed by atoms with Gasteiger partial charge in [0.2, 0.25) is 0 Å². The van der Waals surface area contributed by atoms with Crippen LogP contribution in [0.1, 0.15) is 44.9 Å². The Morgan fingerprint density at radius 1 is 1.00 bits per heavy atom. The molecule has 0 N–H and O–H groups in total. The summed E-state index contributed by atoms with van der Waals surface area (Å²) in [6.07, 6.45) is 14.0. The predicted molar refractivity (Wildman–Crippen MR) is 69.8 cm³/mol. The molecule has 98 valence electrons. The Morgan fingerprint density at radius 2 is 1.94 bits per heavy atom. The van der Waals surface area contributed by atoms with Gasteiger partial charge in [0, 0.05) is 17.6 Å². The molecule has 2 aliphatic carbocycles. The van der Waals surface area contributed by atoms with Crippen molar-refractivity contribution in [3.63, 3.8) is 0 Å². The zero-order valence-electron chi connectivity index (χ0n) is 10.9. The summed E-state index contributed by atoms with van der Waals surface area (Å²) in [5.41, 5.74) is 1.41. The van der Waals surface area contributed by atoms with Crippen LogP contribution in [0.5, 0.6) is 0 Å². The quantitative estimate of drug-likeness (QED) is 0.647. The molecule has 0 aromatic heterocycles. The van der Waals surface area contributed by atoms with Gasteiger partial charge >= 0.3 is 0 Å². The predicted octanol–water partition coefficient (Wildman–Crippen LogP) is 3.79. The maximum absolute atomic E-state index is 6.26. The Balaban J connectivity index is 1.60. The van der Waals surface area contributed by atoms with Crippen molar-refractivity contribution in [1.82, 2.24) is 0 Å². The Kier molecular flexibility index (Phi) is 2.63. The minimum Gasteiger partial charge on any atom is -0.497 e. The molecule has 2 nitrogen and oxygen atoms in total. The highest BCUT2D eigenvalue weighted by Gasteiger charge is 2.44. The first-order chi connectivity index (χ1) is 8.92. The lowest BCUT2D eigenvalue weighted by Gasteiger charge is -2.48. The molecule has 2 heteroatoms. The minimum atomic E-state index is 0.492. The minimum absolute atomic E-state index is 0.492. The maximum Gasteiger partial charge on any atom is 0.125 e. The van der Waals surface area contributed by atoms with Crippen molar-refractivity contribution < 1.29 is 9.47 Å². The Hall–Kier alpha value is -0.920. The van der Waals surface area contributed by atoms with Crippen LogP contribution in [0.4, 0.5) is 0 Å². The van der Waals surface area contributed by atoms with Crippen LogP contribution in [0, 0.1) is 17.8 Å². The van der Waals surface area contributed by atoms with Crippen LogP contribution in [0.15, 0.2) is 23.7 Å². The molecule has 0 bridgehead atoms. The number of allylic oxidation sites excluding steroid dienone is 1. The van der Waals surface area contributed by atoms with Crippen LogP contribution < -0.4 is 0 Å². The van der Waals surface area contributed by atoms with Crippen molar-refractivity contribution >= 4 is 0 Å². The second-order valence-electron chi connectivity index (χ2n) is 6.39. The Morgan fingerprint density at radius 3 is 2.94 bits per heavy atom. The lowest BCUT2D eigenvalue weighted by atomic mass is 9.62. The van der Waals surface area contributed by atoms with Gasteiger partial charge in [0.1, 0.15) is 18.5 Å². The van der Waals surface area contributed by atoms with Gasteiger partial charge in [-0.2, -0.15) is 0 Å². The molecule has 0 amide bonds. The topological polar surface area (TPSA) is 18.5 Å². The van der Waals surface area contributed by atoms with Crippen molar-refractivity contribution in [2.75, 3.05) is 6.61 Å². The van der Waals surface area contributed by atoms with E-state index < -0.39 is 0 Å². The molecule has 18 heavy (non-hydrogen) atoms. The number of hydrogen-bond acceptors (Lipinski definition) is 2. The number of ether oxygens (including phenoxy) is 2. The lowest BCUT2D eigenvalue weighted by Crippen LogP contribution is -2.43. The molecule has 4 unspecified atom stereocenters. The molecule has 4 rings (SSSR count). The van der Waals surface area contributed by atoms with E-state index in [2.05, 4.69) is 0 Å². The van der Waals surface area contributed by atoms with Gasteiger partial charge < -0.3 is 9.47 Å². The van der Waals surface area contributed by atoms with Crippen molar-refractivity contribution in [1.29, 1.82) is 0 Å². The van der Waals surface area contributed by atoms with Gasteiger partial charge in [-0.25, -0.2) is 0 Å². The highest BCUT2D eigenvalue weighted by molar-refractivity contribution is 5.26. The summed E-state index contributed by atoms with van der Waals surface area (Å²) in [6, 6.07) is 0. The third-order valence-corrected chi connectivity index (χ3v) is 5.50. The molecule has 2 saturated carbocycles. The Bertz CT molecular complexity index is 396. The monoisotopic (exact) mass is 246 g/mol. The van der Waals surface area contributed by atoms with Crippen molar-refractivity contribution in [2.45, 2.75) is 51.0 Å². The summed E-state index contributed by atoms with van der Waals surface area (Å²) in [6.45, 7) is 0.756. The fourth-order valence-corrected chi connectivity index (χ4v) is 4.63. The first-order valence-corrected chi connectivity index (χ1v) is 7.58. The zero-order valence-corrected chi connectivity index (χ0v) is 10.9. The van der Waals surface area contributed by atoms with E-state index in [0.717, 1.165) is 30.1 Å². The van der Waals surface area contributed by atoms with Crippen LogP contribution >= 0.6 is 0 Å². The van der Waals surface area contributed by atoms with E-state index in [1.54, 1.807) is 6.26 Å². The largest absolute Gasteiger partial charge is 0.497 e. The molecule has 0 aromatic carbocycles. The van der Waals surface area contributed by atoms with E-state index in [1.165, 1.54) is 50.5 Å². The van der Waals surface area contributed by atoms with Crippen LogP contribution in [0.25, 0.3) is 0 Å². The van der Waals surface area contributed by atoms with Gasteiger partial charge in [-0.15, -0.1) is 0 Å². The number of hydrogen-bond donors (Lipinski definition) is 0. The average Bonchev–Trinajstić information content (AvgIpc) is 2.45. The molecule has 4 atom stereocenters. The highest BCUT2D eigenvalue weighted by Crippen LogP contribution is 2.49. The smallest absolute Gasteiger partial charge is 0.125 e. The van der Waals surface area contributed by atoms with Crippen LogP contribution in [-0.2, 0) is 9.47 Å². The molecule has 0 saturated heterocycles. The molecule has 2 aliphatic heterocycles.